The molecule has 0 bridgehead atoms. The highest BCUT2D eigenvalue weighted by Gasteiger charge is 2.35. The molecule has 1 amide bonds. The monoisotopic (exact) mass is 359 g/mol. The van der Waals surface area contributed by atoms with Crippen LogP contribution in [0, 0.1) is 5.92 Å². The molecule has 0 unspecified atom stereocenters. The number of carbonyl (C=O) groups is 2. The first-order valence-electron chi connectivity index (χ1n) is 8.45. The van der Waals surface area contributed by atoms with Crippen molar-refractivity contribution in [2.24, 2.45) is 5.92 Å². The summed E-state index contributed by atoms with van der Waals surface area (Å²) in [4.78, 5) is 27.0. The maximum Gasteiger partial charge on any atom is 0.334 e. The first kappa shape index (κ1) is 18.0. The molecule has 9 nitrogen and oxygen atoms in total. The Labute approximate surface area is 150 Å². The number of carboxylic acids is 1. The highest BCUT2D eigenvalue weighted by Crippen LogP contribution is 2.22. The van der Waals surface area contributed by atoms with E-state index in [0.717, 1.165) is 5.56 Å². The van der Waals surface area contributed by atoms with Gasteiger partial charge in [-0.05, 0) is 11.1 Å². The van der Waals surface area contributed by atoms with E-state index in [1.54, 1.807) is 0 Å². The summed E-state index contributed by atoms with van der Waals surface area (Å²) >= 11 is 0. The summed E-state index contributed by atoms with van der Waals surface area (Å²) in [6, 6.07) is 8.72. The quantitative estimate of drug-likeness (QED) is 0.842. The van der Waals surface area contributed by atoms with Crippen LogP contribution < -0.4 is 0 Å². The minimum Gasteiger partial charge on any atom is -0.479 e. The molecule has 3 rings (SSSR count). The molecule has 1 aromatic heterocycles. The van der Waals surface area contributed by atoms with Crippen LogP contribution in [0.2, 0.25) is 0 Å². The molecule has 26 heavy (non-hydrogen) atoms. The fraction of sp³-hybridized carbons (Fsp3) is 0.471. The van der Waals surface area contributed by atoms with Crippen LogP contribution in [0.15, 0.2) is 30.3 Å². The van der Waals surface area contributed by atoms with Crippen molar-refractivity contribution in [1.82, 2.24) is 25.1 Å². The molecule has 2 heterocycles. The van der Waals surface area contributed by atoms with Crippen LogP contribution in [0.25, 0.3) is 11.4 Å². The van der Waals surface area contributed by atoms with E-state index in [4.69, 9.17) is 9.84 Å². The van der Waals surface area contributed by atoms with Crippen LogP contribution in [0.3, 0.4) is 0 Å². The molecule has 0 spiro atoms. The van der Waals surface area contributed by atoms with Crippen LogP contribution in [0.1, 0.15) is 19.9 Å². The number of tetrazole rings is 1. The van der Waals surface area contributed by atoms with Crippen molar-refractivity contribution in [1.29, 1.82) is 0 Å². The summed E-state index contributed by atoms with van der Waals surface area (Å²) in [6.45, 7) is 4.32. The van der Waals surface area contributed by atoms with Crippen molar-refractivity contribution in [2.75, 3.05) is 19.7 Å². The second-order valence-corrected chi connectivity index (χ2v) is 6.47. The average Bonchev–Trinajstić information content (AvgIpc) is 3.12. The van der Waals surface area contributed by atoms with Gasteiger partial charge in [0.2, 0.25) is 11.7 Å². The maximum absolute atomic E-state index is 13.0. The van der Waals surface area contributed by atoms with Crippen molar-refractivity contribution >= 4 is 11.9 Å². The molecule has 0 radical (unpaired) electrons. The molecule has 2 atom stereocenters. The van der Waals surface area contributed by atoms with E-state index in [-0.39, 0.29) is 25.0 Å². The highest BCUT2D eigenvalue weighted by atomic mass is 16.5. The van der Waals surface area contributed by atoms with Gasteiger partial charge in [0.25, 0.3) is 0 Å². The van der Waals surface area contributed by atoms with Crippen LogP contribution in [0.5, 0.6) is 0 Å². The number of carbonyl (C=O) groups excluding carboxylic acids is 1. The Kier molecular flexibility index (Phi) is 5.27. The molecule has 1 N–H and O–H groups in total. The molecule has 2 aromatic rings. The molecule has 1 fully saturated rings. The number of morpholine rings is 1. The predicted octanol–water partition coefficient (Wildman–Crippen LogP) is 0.849. The van der Waals surface area contributed by atoms with Crippen molar-refractivity contribution in [2.45, 2.75) is 26.0 Å². The zero-order valence-electron chi connectivity index (χ0n) is 14.6. The Balaban J connectivity index is 1.82. The molecule has 9 heteroatoms. The summed E-state index contributed by atoms with van der Waals surface area (Å²) in [6.07, 6.45) is -1.01. The third kappa shape index (κ3) is 3.72. The lowest BCUT2D eigenvalue weighted by Crippen LogP contribution is -2.51. The van der Waals surface area contributed by atoms with E-state index < -0.39 is 18.1 Å². The number of amides is 1. The van der Waals surface area contributed by atoms with Crippen molar-refractivity contribution in [3.8, 4) is 11.4 Å². The first-order valence-corrected chi connectivity index (χ1v) is 8.45. The van der Waals surface area contributed by atoms with Crippen LogP contribution >= 0.6 is 0 Å². The number of ether oxygens (including phenoxy) is 1. The summed E-state index contributed by atoms with van der Waals surface area (Å²) in [5.74, 6) is -0.957. The number of hydrogen-bond donors (Lipinski definition) is 1. The molecule has 1 saturated heterocycles. The third-order valence-electron chi connectivity index (χ3n) is 4.25. The summed E-state index contributed by atoms with van der Waals surface area (Å²) in [5.41, 5.74) is 0.811. The first-order chi connectivity index (χ1) is 12.5. The van der Waals surface area contributed by atoms with Crippen molar-refractivity contribution < 1.29 is 19.4 Å². The summed E-state index contributed by atoms with van der Waals surface area (Å²) < 4.78 is 5.18. The minimum absolute atomic E-state index is 0.0115. The van der Waals surface area contributed by atoms with Crippen LogP contribution in [-0.4, -0.2) is 67.9 Å². The van der Waals surface area contributed by atoms with Gasteiger partial charge in [0.05, 0.1) is 13.2 Å². The standard InChI is InChI=1S/C17H21N5O4/c1-11(2)14(16(23)21-8-9-26-13(10-21)17(24)25)22-19-15(18-20-22)12-6-4-3-5-7-12/h3-7,11,13-14H,8-10H2,1-2H3,(H,24,25)/t13-,14-/m0/s1. The molecule has 0 aliphatic carbocycles. The zero-order chi connectivity index (χ0) is 18.7. The summed E-state index contributed by atoms with van der Waals surface area (Å²) in [5, 5.41) is 21.6. The van der Waals surface area contributed by atoms with Gasteiger partial charge in [-0.15, -0.1) is 10.2 Å². The lowest BCUT2D eigenvalue weighted by atomic mass is 10.0. The molecule has 0 saturated carbocycles. The van der Waals surface area contributed by atoms with Crippen molar-refractivity contribution in [3.63, 3.8) is 0 Å². The summed E-state index contributed by atoms with van der Waals surface area (Å²) in [7, 11) is 0. The smallest absolute Gasteiger partial charge is 0.334 e. The lowest BCUT2D eigenvalue weighted by molar-refractivity contribution is -0.161. The van der Waals surface area contributed by atoms with Crippen molar-refractivity contribution in [3.05, 3.63) is 30.3 Å². The van der Waals surface area contributed by atoms with Gasteiger partial charge in [-0.3, -0.25) is 4.79 Å². The lowest BCUT2D eigenvalue weighted by Gasteiger charge is -2.33. The fourth-order valence-corrected chi connectivity index (χ4v) is 2.88. The number of hydrogen-bond acceptors (Lipinski definition) is 6. The number of aliphatic carboxylic acids is 1. The number of aromatic nitrogens is 4. The zero-order valence-corrected chi connectivity index (χ0v) is 14.6. The number of carboxylic acid groups (broad SMARTS) is 1. The largest absolute Gasteiger partial charge is 0.479 e. The van der Waals surface area contributed by atoms with Crippen LogP contribution in [-0.2, 0) is 14.3 Å². The number of rotatable bonds is 5. The minimum atomic E-state index is -1.08. The molecule has 138 valence electrons. The fourth-order valence-electron chi connectivity index (χ4n) is 2.88. The Morgan fingerprint density at radius 3 is 2.65 bits per heavy atom. The predicted molar refractivity (Wildman–Crippen MR) is 91.1 cm³/mol. The van der Waals surface area contributed by atoms with E-state index in [1.807, 2.05) is 44.2 Å². The van der Waals surface area contributed by atoms with Gasteiger partial charge < -0.3 is 14.7 Å². The topological polar surface area (TPSA) is 110 Å². The van der Waals surface area contributed by atoms with Crippen LogP contribution in [0.4, 0.5) is 0 Å². The van der Waals surface area contributed by atoms with Gasteiger partial charge in [-0.25, -0.2) is 4.79 Å². The van der Waals surface area contributed by atoms with E-state index in [1.165, 1.54) is 9.70 Å². The highest BCUT2D eigenvalue weighted by molar-refractivity contribution is 5.82. The Hall–Kier alpha value is -2.81. The second kappa shape index (κ2) is 7.61. The van der Waals surface area contributed by atoms with E-state index >= 15 is 0 Å². The van der Waals surface area contributed by atoms with E-state index in [2.05, 4.69) is 15.4 Å². The average molecular weight is 359 g/mol. The van der Waals surface area contributed by atoms with Gasteiger partial charge in [0.15, 0.2) is 12.1 Å². The number of benzene rings is 1. The van der Waals surface area contributed by atoms with Gasteiger partial charge >= 0.3 is 5.97 Å². The molecular formula is C17H21N5O4. The molecule has 1 aromatic carbocycles. The van der Waals surface area contributed by atoms with Gasteiger partial charge in [-0.2, -0.15) is 4.80 Å². The molecule has 1 aliphatic heterocycles. The van der Waals surface area contributed by atoms with E-state index in [9.17, 15) is 9.59 Å². The van der Waals surface area contributed by atoms with Gasteiger partial charge in [0.1, 0.15) is 0 Å². The maximum atomic E-state index is 13.0. The third-order valence-corrected chi connectivity index (χ3v) is 4.25. The number of nitrogens with zero attached hydrogens (tertiary/aromatic N) is 5. The normalized spacial score (nSPS) is 18.7. The van der Waals surface area contributed by atoms with E-state index in [0.29, 0.717) is 12.4 Å². The van der Waals surface area contributed by atoms with Gasteiger partial charge in [-0.1, -0.05) is 44.2 Å². The Morgan fingerprint density at radius 1 is 1.27 bits per heavy atom. The SMILES string of the molecule is CC(C)[C@@H](C(=O)N1CCO[C@H](C(=O)O)C1)n1nnc(-c2ccccc2)n1. The Bertz CT molecular complexity index is 776. The molecular weight excluding hydrogens is 338 g/mol. The van der Waals surface area contributed by atoms with Gasteiger partial charge in [0, 0.05) is 12.1 Å². The second-order valence-electron chi connectivity index (χ2n) is 6.47. The Morgan fingerprint density at radius 2 is 2.00 bits per heavy atom. The molecule has 1 aliphatic rings.